The Morgan fingerprint density at radius 1 is 0.850 bits per heavy atom. The Hall–Kier alpha value is -3.02. The van der Waals surface area contributed by atoms with Crippen LogP contribution in [-0.2, 0) is 25.8 Å². The average Bonchev–Trinajstić information content (AvgIpc) is 3.33. The molecule has 214 valence electrons. The lowest BCUT2D eigenvalue weighted by atomic mass is 10.1. The monoisotopic (exact) mass is 560 g/mol. The molecule has 4 aromatic rings. The van der Waals surface area contributed by atoms with E-state index >= 15 is 0 Å². The zero-order valence-corrected chi connectivity index (χ0v) is 25.2. The average molecular weight is 561 g/mol. The summed E-state index contributed by atoms with van der Waals surface area (Å²) in [5.41, 5.74) is 6.04. The van der Waals surface area contributed by atoms with Crippen LogP contribution < -0.4 is 10.1 Å². The fourth-order valence-electron chi connectivity index (χ4n) is 5.06. The maximum atomic E-state index is 5.98. The molecule has 0 bridgehead atoms. The minimum atomic E-state index is 0.648. The van der Waals surface area contributed by atoms with Gasteiger partial charge in [0.1, 0.15) is 11.6 Å². The number of rotatable bonds is 17. The summed E-state index contributed by atoms with van der Waals surface area (Å²) in [4.78, 5) is 7.52. The van der Waals surface area contributed by atoms with Gasteiger partial charge in [0.15, 0.2) is 0 Å². The lowest BCUT2D eigenvalue weighted by molar-refractivity contribution is 0.303. The predicted molar refractivity (Wildman–Crippen MR) is 170 cm³/mol. The van der Waals surface area contributed by atoms with Crippen LogP contribution in [0.2, 0.25) is 5.02 Å². The molecule has 1 heterocycles. The van der Waals surface area contributed by atoms with Crippen molar-refractivity contribution in [1.82, 2.24) is 14.5 Å². The number of unbranched alkanes of at least 4 members (excludes halogenated alkanes) is 1. The predicted octanol–water partition coefficient (Wildman–Crippen LogP) is 8.04. The summed E-state index contributed by atoms with van der Waals surface area (Å²) in [5, 5.41) is 4.40. The third-order valence-corrected chi connectivity index (χ3v) is 7.82. The highest BCUT2D eigenvalue weighted by Crippen LogP contribution is 2.23. The van der Waals surface area contributed by atoms with Gasteiger partial charge < -0.3 is 19.5 Å². The standard InChI is InChI=1S/C34H45ClN4O/c1-4-7-24-39-33-26-30(36-22-8-23-38(5-2)6-3)16-19-32(33)37-34(39)20-13-27-11-17-31(18-12-27)40-25-21-28-9-14-29(35)15-10-28/h9-12,14-19,26,36H,4-8,13,20-25H2,1-3H3. The summed E-state index contributed by atoms with van der Waals surface area (Å²) < 4.78 is 8.41. The smallest absolute Gasteiger partial charge is 0.119 e. The molecule has 6 heteroatoms. The fourth-order valence-corrected chi connectivity index (χ4v) is 5.19. The minimum Gasteiger partial charge on any atom is -0.493 e. The summed E-state index contributed by atoms with van der Waals surface area (Å²) in [5.74, 6) is 2.08. The first-order chi connectivity index (χ1) is 19.6. The van der Waals surface area contributed by atoms with E-state index in [-0.39, 0.29) is 0 Å². The largest absolute Gasteiger partial charge is 0.493 e. The third kappa shape index (κ3) is 8.74. The number of nitrogens with one attached hydrogen (secondary N) is 1. The molecule has 0 aliphatic rings. The second-order valence-electron chi connectivity index (χ2n) is 10.4. The van der Waals surface area contributed by atoms with E-state index in [1.54, 1.807) is 0 Å². The second-order valence-corrected chi connectivity index (χ2v) is 10.8. The van der Waals surface area contributed by atoms with E-state index in [1.807, 2.05) is 12.1 Å². The van der Waals surface area contributed by atoms with Crippen molar-refractivity contribution in [2.24, 2.45) is 0 Å². The van der Waals surface area contributed by atoms with Gasteiger partial charge in [-0.05, 0) is 92.5 Å². The molecule has 0 amide bonds. The fraction of sp³-hybridized carbons (Fsp3) is 0.441. The zero-order valence-electron chi connectivity index (χ0n) is 24.5. The summed E-state index contributed by atoms with van der Waals surface area (Å²) in [7, 11) is 0. The van der Waals surface area contributed by atoms with Gasteiger partial charge in [-0.3, -0.25) is 0 Å². The summed E-state index contributed by atoms with van der Waals surface area (Å²) >= 11 is 5.98. The molecule has 0 atom stereocenters. The van der Waals surface area contributed by atoms with Crippen molar-refractivity contribution in [2.75, 3.05) is 38.1 Å². The molecule has 4 rings (SSSR count). The van der Waals surface area contributed by atoms with Crippen molar-refractivity contribution in [3.8, 4) is 5.75 Å². The third-order valence-electron chi connectivity index (χ3n) is 7.57. The molecule has 0 saturated heterocycles. The maximum Gasteiger partial charge on any atom is 0.119 e. The molecule has 1 N–H and O–H groups in total. The van der Waals surface area contributed by atoms with Gasteiger partial charge in [0.25, 0.3) is 0 Å². The molecule has 3 aromatic carbocycles. The molecule has 1 aromatic heterocycles. The van der Waals surface area contributed by atoms with Crippen molar-refractivity contribution < 1.29 is 4.74 Å². The first-order valence-electron chi connectivity index (χ1n) is 15.0. The molecule has 0 unspecified atom stereocenters. The number of aryl methyl sites for hydroxylation is 3. The van der Waals surface area contributed by atoms with Crippen LogP contribution >= 0.6 is 11.6 Å². The molecular weight excluding hydrogens is 516 g/mol. The number of aromatic nitrogens is 2. The number of hydrogen-bond acceptors (Lipinski definition) is 4. The Morgan fingerprint density at radius 3 is 2.30 bits per heavy atom. The molecule has 5 nitrogen and oxygen atoms in total. The zero-order chi connectivity index (χ0) is 28.2. The van der Waals surface area contributed by atoms with Crippen LogP contribution in [0.25, 0.3) is 11.0 Å². The van der Waals surface area contributed by atoms with Crippen molar-refractivity contribution >= 4 is 28.3 Å². The SMILES string of the molecule is CCCCn1c(CCc2ccc(OCCc3ccc(Cl)cc3)cc2)nc2ccc(NCCCN(CC)CC)cc21. The number of nitrogens with zero attached hydrogens (tertiary/aromatic N) is 3. The van der Waals surface area contributed by atoms with Crippen LogP contribution in [0.1, 0.15) is 57.0 Å². The van der Waals surface area contributed by atoms with Crippen molar-refractivity contribution in [3.63, 3.8) is 0 Å². The Balaban J connectivity index is 1.34. The first-order valence-corrected chi connectivity index (χ1v) is 15.4. The van der Waals surface area contributed by atoms with Crippen molar-refractivity contribution in [1.29, 1.82) is 0 Å². The Labute approximate surface area is 245 Å². The molecule has 0 fully saturated rings. The highest BCUT2D eigenvalue weighted by molar-refractivity contribution is 6.30. The molecule has 0 aliphatic heterocycles. The summed E-state index contributed by atoms with van der Waals surface area (Å²) in [6.07, 6.45) is 6.20. The van der Waals surface area contributed by atoms with E-state index in [9.17, 15) is 0 Å². The van der Waals surface area contributed by atoms with E-state index in [2.05, 4.69) is 90.2 Å². The van der Waals surface area contributed by atoms with E-state index in [0.29, 0.717) is 6.61 Å². The number of benzene rings is 3. The Bertz CT molecular complexity index is 1300. The van der Waals surface area contributed by atoms with Crippen molar-refractivity contribution in [2.45, 2.75) is 65.8 Å². The summed E-state index contributed by atoms with van der Waals surface area (Å²) in [6, 6.07) is 23.1. The Kier molecular flexibility index (Phi) is 11.7. The van der Waals surface area contributed by atoms with Crippen LogP contribution in [0.4, 0.5) is 5.69 Å². The number of hydrogen-bond donors (Lipinski definition) is 1. The minimum absolute atomic E-state index is 0.648. The highest BCUT2D eigenvalue weighted by Gasteiger charge is 2.12. The molecule has 40 heavy (non-hydrogen) atoms. The number of ether oxygens (including phenoxy) is 1. The van der Waals surface area contributed by atoms with Gasteiger partial charge in [-0.1, -0.05) is 63.1 Å². The Morgan fingerprint density at radius 2 is 1.57 bits per heavy atom. The van der Waals surface area contributed by atoms with Gasteiger partial charge in [-0.25, -0.2) is 4.98 Å². The molecule has 0 aliphatic carbocycles. The van der Waals surface area contributed by atoms with Gasteiger partial charge in [-0.2, -0.15) is 0 Å². The molecular formula is C34H45ClN4O. The van der Waals surface area contributed by atoms with Crippen LogP contribution in [0.15, 0.2) is 66.7 Å². The number of imidazole rings is 1. The lowest BCUT2D eigenvalue weighted by Crippen LogP contribution is -2.25. The van der Waals surface area contributed by atoms with Crippen LogP contribution in [0.5, 0.6) is 5.75 Å². The molecule has 0 spiro atoms. The highest BCUT2D eigenvalue weighted by atomic mass is 35.5. The van der Waals surface area contributed by atoms with E-state index < -0.39 is 0 Å². The van der Waals surface area contributed by atoms with Crippen molar-refractivity contribution in [3.05, 3.63) is 88.7 Å². The van der Waals surface area contributed by atoms with E-state index in [1.165, 1.54) is 34.6 Å². The first kappa shape index (κ1) is 30.0. The van der Waals surface area contributed by atoms with Gasteiger partial charge in [-0.15, -0.1) is 0 Å². The van der Waals surface area contributed by atoms with E-state index in [4.69, 9.17) is 21.3 Å². The summed E-state index contributed by atoms with van der Waals surface area (Å²) in [6.45, 7) is 12.7. The van der Waals surface area contributed by atoms with E-state index in [0.717, 1.165) is 81.1 Å². The molecule has 0 radical (unpaired) electrons. The molecule has 0 saturated carbocycles. The van der Waals surface area contributed by atoms with Crippen LogP contribution in [0.3, 0.4) is 0 Å². The van der Waals surface area contributed by atoms with Crippen LogP contribution in [0, 0.1) is 0 Å². The lowest BCUT2D eigenvalue weighted by Gasteiger charge is -2.18. The number of fused-ring (bicyclic) bond motifs is 1. The second kappa shape index (κ2) is 15.7. The van der Waals surface area contributed by atoms with Gasteiger partial charge in [0.05, 0.1) is 17.6 Å². The normalized spacial score (nSPS) is 11.4. The number of halogens is 1. The van der Waals surface area contributed by atoms with Gasteiger partial charge in [0.2, 0.25) is 0 Å². The van der Waals surface area contributed by atoms with Crippen LogP contribution in [-0.4, -0.2) is 47.2 Å². The topological polar surface area (TPSA) is 42.3 Å². The number of anilines is 1. The maximum absolute atomic E-state index is 5.98. The van der Waals surface area contributed by atoms with Gasteiger partial charge in [0, 0.05) is 36.6 Å². The quantitative estimate of drug-likeness (QED) is 0.133. The van der Waals surface area contributed by atoms with Gasteiger partial charge >= 0.3 is 0 Å².